The molecule has 1 N–H and O–H groups in total. The summed E-state index contributed by atoms with van der Waals surface area (Å²) in [5.74, 6) is 0.00647. The second-order valence-electron chi connectivity index (χ2n) is 2.71. The normalized spacial score (nSPS) is 12.2. The standard InChI is InChI=1S/C8H15N3O/c1-7(6-9)11(3)5-4-8(12)10-2/h7H,4-5H2,1-3H3,(H,10,12). The smallest absolute Gasteiger partial charge is 0.221 e. The molecule has 0 aromatic rings. The van der Waals surface area contributed by atoms with Crippen LogP contribution in [-0.2, 0) is 4.79 Å². The molecular weight excluding hydrogens is 154 g/mol. The molecule has 0 radical (unpaired) electrons. The number of carbonyl (C=O) groups is 1. The van der Waals surface area contributed by atoms with Crippen molar-refractivity contribution in [2.75, 3.05) is 20.6 Å². The Morgan fingerprint density at radius 2 is 2.33 bits per heavy atom. The fourth-order valence-corrected chi connectivity index (χ4v) is 0.695. The van der Waals surface area contributed by atoms with E-state index in [-0.39, 0.29) is 11.9 Å². The van der Waals surface area contributed by atoms with Crippen molar-refractivity contribution >= 4 is 5.91 Å². The predicted octanol–water partition coefficient (Wildman–Crippen LogP) is -0.0336. The number of amides is 1. The molecule has 0 heterocycles. The Morgan fingerprint density at radius 1 is 1.75 bits per heavy atom. The maximum atomic E-state index is 10.8. The van der Waals surface area contributed by atoms with Gasteiger partial charge in [0.15, 0.2) is 0 Å². The minimum atomic E-state index is -0.130. The monoisotopic (exact) mass is 169 g/mol. The van der Waals surface area contributed by atoms with Gasteiger partial charge in [0.1, 0.15) is 0 Å². The molecule has 0 saturated carbocycles. The molecule has 0 aliphatic heterocycles. The van der Waals surface area contributed by atoms with Gasteiger partial charge in [-0.05, 0) is 14.0 Å². The third-order valence-electron chi connectivity index (χ3n) is 1.82. The number of carbonyl (C=O) groups excluding carboxylic acids is 1. The summed E-state index contributed by atoms with van der Waals surface area (Å²) >= 11 is 0. The van der Waals surface area contributed by atoms with Gasteiger partial charge >= 0.3 is 0 Å². The van der Waals surface area contributed by atoms with Gasteiger partial charge in [0.25, 0.3) is 0 Å². The van der Waals surface area contributed by atoms with Crippen LogP contribution in [0, 0.1) is 11.3 Å². The van der Waals surface area contributed by atoms with Gasteiger partial charge in [-0.1, -0.05) is 0 Å². The third kappa shape index (κ3) is 3.94. The van der Waals surface area contributed by atoms with E-state index in [0.29, 0.717) is 13.0 Å². The number of nitriles is 1. The largest absolute Gasteiger partial charge is 0.359 e. The average molecular weight is 169 g/mol. The molecule has 0 aromatic carbocycles. The van der Waals surface area contributed by atoms with E-state index in [0.717, 1.165) is 0 Å². The molecule has 0 rings (SSSR count). The van der Waals surface area contributed by atoms with Crippen molar-refractivity contribution in [2.45, 2.75) is 19.4 Å². The number of rotatable bonds is 4. The Balaban J connectivity index is 3.65. The van der Waals surface area contributed by atoms with Gasteiger partial charge in [0, 0.05) is 20.0 Å². The fraction of sp³-hybridized carbons (Fsp3) is 0.750. The first-order valence-corrected chi connectivity index (χ1v) is 3.92. The highest BCUT2D eigenvalue weighted by molar-refractivity contribution is 5.75. The van der Waals surface area contributed by atoms with Gasteiger partial charge in [0.2, 0.25) is 5.91 Å². The number of hydrogen-bond acceptors (Lipinski definition) is 3. The second kappa shape index (κ2) is 5.56. The molecule has 4 nitrogen and oxygen atoms in total. The molecule has 0 spiro atoms. The van der Waals surface area contributed by atoms with Crippen molar-refractivity contribution in [3.63, 3.8) is 0 Å². The SMILES string of the molecule is CNC(=O)CCN(C)C(C)C#N. The van der Waals surface area contributed by atoms with Gasteiger partial charge in [-0.25, -0.2) is 0 Å². The number of nitrogens with one attached hydrogen (secondary N) is 1. The van der Waals surface area contributed by atoms with Crippen molar-refractivity contribution in [3.05, 3.63) is 0 Å². The van der Waals surface area contributed by atoms with E-state index in [1.54, 1.807) is 7.05 Å². The van der Waals surface area contributed by atoms with E-state index < -0.39 is 0 Å². The number of nitrogens with zero attached hydrogens (tertiary/aromatic N) is 2. The summed E-state index contributed by atoms with van der Waals surface area (Å²) in [6.07, 6.45) is 0.443. The van der Waals surface area contributed by atoms with Crippen LogP contribution in [0.15, 0.2) is 0 Å². The van der Waals surface area contributed by atoms with E-state index >= 15 is 0 Å². The summed E-state index contributed by atoms with van der Waals surface area (Å²) in [6.45, 7) is 2.43. The lowest BCUT2D eigenvalue weighted by molar-refractivity contribution is -0.120. The topological polar surface area (TPSA) is 56.1 Å². The molecule has 1 amide bonds. The van der Waals surface area contributed by atoms with Crippen LogP contribution in [0.1, 0.15) is 13.3 Å². The summed E-state index contributed by atoms with van der Waals surface area (Å²) in [7, 11) is 3.44. The van der Waals surface area contributed by atoms with Crippen molar-refractivity contribution < 1.29 is 4.79 Å². The molecule has 0 aromatic heterocycles. The molecule has 0 aliphatic rings. The summed E-state index contributed by atoms with van der Waals surface area (Å²) in [4.78, 5) is 12.6. The van der Waals surface area contributed by atoms with Gasteiger partial charge in [-0.15, -0.1) is 0 Å². The highest BCUT2D eigenvalue weighted by atomic mass is 16.1. The minimum absolute atomic E-state index is 0.00647. The highest BCUT2D eigenvalue weighted by Crippen LogP contribution is 1.94. The zero-order valence-corrected chi connectivity index (χ0v) is 7.79. The van der Waals surface area contributed by atoms with Crippen LogP contribution in [0.4, 0.5) is 0 Å². The maximum Gasteiger partial charge on any atom is 0.221 e. The van der Waals surface area contributed by atoms with Crippen molar-refractivity contribution in [1.82, 2.24) is 10.2 Å². The lowest BCUT2D eigenvalue weighted by atomic mass is 10.3. The number of hydrogen-bond donors (Lipinski definition) is 1. The minimum Gasteiger partial charge on any atom is -0.359 e. The van der Waals surface area contributed by atoms with Gasteiger partial charge in [-0.2, -0.15) is 5.26 Å². The molecule has 0 fully saturated rings. The fourth-order valence-electron chi connectivity index (χ4n) is 0.695. The van der Waals surface area contributed by atoms with Crippen LogP contribution in [0.5, 0.6) is 0 Å². The lowest BCUT2D eigenvalue weighted by Gasteiger charge is -2.17. The lowest BCUT2D eigenvalue weighted by Crippen LogP contribution is -2.32. The van der Waals surface area contributed by atoms with Crippen molar-refractivity contribution in [2.24, 2.45) is 0 Å². The Kier molecular flexibility index (Phi) is 5.06. The van der Waals surface area contributed by atoms with Crippen LogP contribution >= 0.6 is 0 Å². The first kappa shape index (κ1) is 10.9. The summed E-state index contributed by atoms with van der Waals surface area (Å²) in [6, 6.07) is 1.97. The van der Waals surface area contributed by atoms with E-state index in [1.165, 1.54) is 0 Å². The van der Waals surface area contributed by atoms with Crippen molar-refractivity contribution in [3.8, 4) is 6.07 Å². The first-order valence-electron chi connectivity index (χ1n) is 3.92. The molecule has 0 aliphatic carbocycles. The molecule has 1 atom stereocenters. The van der Waals surface area contributed by atoms with Crippen LogP contribution < -0.4 is 5.32 Å². The third-order valence-corrected chi connectivity index (χ3v) is 1.82. The predicted molar refractivity (Wildman–Crippen MR) is 46.4 cm³/mol. The summed E-state index contributed by atoms with van der Waals surface area (Å²) in [5, 5.41) is 11.1. The van der Waals surface area contributed by atoms with Gasteiger partial charge < -0.3 is 5.32 Å². The molecule has 68 valence electrons. The second-order valence-corrected chi connectivity index (χ2v) is 2.71. The van der Waals surface area contributed by atoms with Crippen LogP contribution in [0.3, 0.4) is 0 Å². The Morgan fingerprint density at radius 3 is 2.75 bits per heavy atom. The molecule has 0 bridgehead atoms. The quantitative estimate of drug-likeness (QED) is 0.642. The molecule has 1 unspecified atom stereocenters. The van der Waals surface area contributed by atoms with E-state index in [9.17, 15) is 4.79 Å². The Labute approximate surface area is 73.2 Å². The molecule has 0 saturated heterocycles. The first-order chi connectivity index (χ1) is 5.61. The molecule has 4 heteroatoms. The summed E-state index contributed by atoms with van der Waals surface area (Å²) < 4.78 is 0. The average Bonchev–Trinajstić information content (AvgIpc) is 2.11. The van der Waals surface area contributed by atoms with Gasteiger partial charge in [0.05, 0.1) is 12.1 Å². The van der Waals surface area contributed by atoms with E-state index in [2.05, 4.69) is 11.4 Å². The highest BCUT2D eigenvalue weighted by Gasteiger charge is 2.08. The van der Waals surface area contributed by atoms with Crippen LogP contribution in [-0.4, -0.2) is 37.5 Å². The van der Waals surface area contributed by atoms with Gasteiger partial charge in [-0.3, -0.25) is 9.69 Å². The zero-order valence-electron chi connectivity index (χ0n) is 7.79. The Hall–Kier alpha value is -1.08. The maximum absolute atomic E-state index is 10.8. The summed E-state index contributed by atoms with van der Waals surface area (Å²) in [5.41, 5.74) is 0. The van der Waals surface area contributed by atoms with Crippen molar-refractivity contribution in [1.29, 1.82) is 5.26 Å². The Bertz CT molecular complexity index is 185. The molecule has 12 heavy (non-hydrogen) atoms. The zero-order chi connectivity index (χ0) is 9.56. The van der Waals surface area contributed by atoms with Crippen LogP contribution in [0.25, 0.3) is 0 Å². The van der Waals surface area contributed by atoms with E-state index in [1.807, 2.05) is 18.9 Å². The van der Waals surface area contributed by atoms with Crippen LogP contribution in [0.2, 0.25) is 0 Å². The van der Waals surface area contributed by atoms with E-state index in [4.69, 9.17) is 5.26 Å². The molecular formula is C8H15N3O.